The zero-order valence-corrected chi connectivity index (χ0v) is 3.02. The molecule has 0 atom stereocenters. The van der Waals surface area contributed by atoms with E-state index in [1.807, 2.05) is 0 Å². The minimum absolute atomic E-state index is 0.662. The molecule has 5 heavy (non-hydrogen) atoms. The van der Waals surface area contributed by atoms with E-state index in [2.05, 4.69) is 12.2 Å². The lowest BCUT2D eigenvalue weighted by Gasteiger charge is -1.76. The van der Waals surface area contributed by atoms with E-state index in [1.165, 1.54) is 0 Å². The van der Waals surface area contributed by atoms with Crippen molar-refractivity contribution in [2.24, 2.45) is 11.7 Å². The second kappa shape index (κ2) is 0.830. The molecule has 0 aromatic carbocycles. The summed E-state index contributed by atoms with van der Waals surface area (Å²) in [6.07, 6.45) is 4.19. The summed E-state index contributed by atoms with van der Waals surface area (Å²) in [6.45, 7) is 0.806. The molecule has 0 fully saturated rings. The van der Waals surface area contributed by atoms with Gasteiger partial charge in [0.1, 0.15) is 0 Å². The van der Waals surface area contributed by atoms with Crippen molar-refractivity contribution >= 4 is 0 Å². The van der Waals surface area contributed by atoms with E-state index in [-0.39, 0.29) is 0 Å². The zero-order chi connectivity index (χ0) is 3.70. The van der Waals surface area contributed by atoms with Crippen molar-refractivity contribution in [3.05, 3.63) is 12.2 Å². The van der Waals surface area contributed by atoms with Gasteiger partial charge in [-0.1, -0.05) is 12.2 Å². The van der Waals surface area contributed by atoms with E-state index in [1.54, 1.807) is 0 Å². The SMILES string of the molecule is NCC1C=C1. The lowest BCUT2D eigenvalue weighted by molar-refractivity contribution is 0.916. The highest BCUT2D eigenvalue weighted by atomic mass is 14.6. The van der Waals surface area contributed by atoms with Gasteiger partial charge in [-0.25, -0.2) is 0 Å². The van der Waals surface area contributed by atoms with Gasteiger partial charge in [0.05, 0.1) is 0 Å². The summed E-state index contributed by atoms with van der Waals surface area (Å²) in [7, 11) is 0. The molecular weight excluding hydrogens is 62.1 g/mol. The van der Waals surface area contributed by atoms with Crippen molar-refractivity contribution in [1.29, 1.82) is 0 Å². The lowest BCUT2D eigenvalue weighted by Crippen LogP contribution is -2.00. The van der Waals surface area contributed by atoms with E-state index in [0.717, 1.165) is 6.54 Å². The van der Waals surface area contributed by atoms with Crippen molar-refractivity contribution in [1.82, 2.24) is 0 Å². The maximum absolute atomic E-state index is 5.17. The average molecular weight is 69.1 g/mol. The van der Waals surface area contributed by atoms with Crippen LogP contribution < -0.4 is 5.73 Å². The van der Waals surface area contributed by atoms with E-state index < -0.39 is 0 Å². The van der Waals surface area contributed by atoms with Gasteiger partial charge < -0.3 is 5.73 Å². The number of hydrogen-bond acceptors (Lipinski definition) is 1. The largest absolute Gasteiger partial charge is 0.330 e. The summed E-state index contributed by atoms with van der Waals surface area (Å²) in [5, 5.41) is 0. The second-order valence-corrected chi connectivity index (χ2v) is 1.28. The molecule has 0 bridgehead atoms. The molecule has 0 spiro atoms. The smallest absolute Gasteiger partial charge is 0.00699 e. The summed E-state index contributed by atoms with van der Waals surface area (Å²) in [6, 6.07) is 0. The number of hydrogen-bond donors (Lipinski definition) is 1. The summed E-state index contributed by atoms with van der Waals surface area (Å²) in [5.74, 6) is 0.662. The van der Waals surface area contributed by atoms with E-state index in [0.29, 0.717) is 5.92 Å². The van der Waals surface area contributed by atoms with Crippen LogP contribution in [0.4, 0.5) is 0 Å². The minimum atomic E-state index is 0.662. The van der Waals surface area contributed by atoms with Crippen molar-refractivity contribution in [2.75, 3.05) is 6.54 Å². The molecular formula is C4H7N. The van der Waals surface area contributed by atoms with Gasteiger partial charge in [0.15, 0.2) is 0 Å². The summed E-state index contributed by atoms with van der Waals surface area (Å²) in [5.41, 5.74) is 5.17. The molecule has 1 aliphatic carbocycles. The van der Waals surface area contributed by atoms with Crippen LogP contribution in [0.1, 0.15) is 0 Å². The van der Waals surface area contributed by atoms with Crippen LogP contribution in [0.25, 0.3) is 0 Å². The van der Waals surface area contributed by atoms with E-state index >= 15 is 0 Å². The minimum Gasteiger partial charge on any atom is -0.330 e. The molecule has 2 N–H and O–H groups in total. The van der Waals surface area contributed by atoms with Crippen molar-refractivity contribution in [2.45, 2.75) is 0 Å². The molecule has 0 saturated carbocycles. The Kier molecular flexibility index (Phi) is 0.484. The predicted octanol–water partition coefficient (Wildman–Crippen LogP) is 0.131. The fourth-order valence-corrected chi connectivity index (χ4v) is 0.236. The Balaban J connectivity index is 2.06. The molecule has 1 rings (SSSR count). The van der Waals surface area contributed by atoms with E-state index in [4.69, 9.17) is 5.73 Å². The van der Waals surface area contributed by atoms with Crippen molar-refractivity contribution < 1.29 is 0 Å². The molecule has 0 radical (unpaired) electrons. The topological polar surface area (TPSA) is 26.0 Å². The predicted molar refractivity (Wildman–Crippen MR) is 21.7 cm³/mol. The molecule has 1 nitrogen and oxygen atoms in total. The third-order valence-corrected chi connectivity index (χ3v) is 0.737. The van der Waals surface area contributed by atoms with Crippen LogP contribution >= 0.6 is 0 Å². The molecule has 0 amide bonds. The van der Waals surface area contributed by atoms with Crippen LogP contribution in [0.2, 0.25) is 0 Å². The van der Waals surface area contributed by atoms with Gasteiger partial charge in [-0.15, -0.1) is 0 Å². The van der Waals surface area contributed by atoms with Gasteiger partial charge in [-0.2, -0.15) is 0 Å². The van der Waals surface area contributed by atoms with Gasteiger partial charge in [0.2, 0.25) is 0 Å². The van der Waals surface area contributed by atoms with Crippen molar-refractivity contribution in [3.63, 3.8) is 0 Å². The molecule has 0 aliphatic heterocycles. The first-order valence-corrected chi connectivity index (χ1v) is 1.82. The summed E-state index contributed by atoms with van der Waals surface area (Å²) < 4.78 is 0. The first-order valence-electron chi connectivity index (χ1n) is 1.82. The van der Waals surface area contributed by atoms with Gasteiger partial charge in [-0.3, -0.25) is 0 Å². The third-order valence-electron chi connectivity index (χ3n) is 0.737. The quantitative estimate of drug-likeness (QED) is 0.435. The standard InChI is InChI=1S/C4H7N/c5-3-4-1-2-4/h1-2,4H,3,5H2. The van der Waals surface area contributed by atoms with Crippen molar-refractivity contribution in [3.8, 4) is 0 Å². The second-order valence-electron chi connectivity index (χ2n) is 1.28. The van der Waals surface area contributed by atoms with Crippen LogP contribution in [0.3, 0.4) is 0 Å². The Bertz CT molecular complexity index is 50.7. The Hall–Kier alpha value is -0.300. The molecule has 28 valence electrons. The fourth-order valence-electron chi connectivity index (χ4n) is 0.236. The number of rotatable bonds is 1. The zero-order valence-electron chi connectivity index (χ0n) is 3.02. The molecule has 0 heterocycles. The normalized spacial score (nSPS) is 20.2. The fraction of sp³-hybridized carbons (Fsp3) is 0.500. The summed E-state index contributed by atoms with van der Waals surface area (Å²) in [4.78, 5) is 0. The molecule has 1 aliphatic rings. The highest BCUT2D eigenvalue weighted by molar-refractivity contribution is 5.13. The van der Waals surface area contributed by atoms with Crippen LogP contribution in [0.5, 0.6) is 0 Å². The Labute approximate surface area is 31.5 Å². The first-order chi connectivity index (χ1) is 2.43. The van der Waals surface area contributed by atoms with E-state index in [9.17, 15) is 0 Å². The van der Waals surface area contributed by atoms with Crippen LogP contribution in [0, 0.1) is 5.92 Å². The van der Waals surface area contributed by atoms with Gasteiger partial charge in [0.25, 0.3) is 0 Å². The van der Waals surface area contributed by atoms with Crippen LogP contribution in [0.15, 0.2) is 12.2 Å². The lowest BCUT2D eigenvalue weighted by atomic mass is 10.4. The monoisotopic (exact) mass is 69.1 g/mol. The Morgan fingerprint density at radius 2 is 2.20 bits per heavy atom. The van der Waals surface area contributed by atoms with Gasteiger partial charge in [-0.05, 0) is 0 Å². The highest BCUT2D eigenvalue weighted by Gasteiger charge is 2.04. The van der Waals surface area contributed by atoms with Crippen LogP contribution in [-0.4, -0.2) is 6.54 Å². The first kappa shape index (κ1) is 2.91. The Morgan fingerprint density at radius 3 is 2.20 bits per heavy atom. The Morgan fingerprint density at radius 1 is 1.60 bits per heavy atom. The molecule has 0 saturated heterocycles. The highest BCUT2D eigenvalue weighted by Crippen LogP contribution is 2.11. The maximum atomic E-state index is 5.17. The summed E-state index contributed by atoms with van der Waals surface area (Å²) >= 11 is 0. The molecule has 0 aromatic rings. The average Bonchev–Trinajstić information content (AvgIpc) is 2.12. The number of nitrogens with two attached hydrogens (primary N) is 1. The third kappa shape index (κ3) is 0.484. The molecule has 1 heteroatoms. The van der Waals surface area contributed by atoms with Crippen LogP contribution in [-0.2, 0) is 0 Å². The van der Waals surface area contributed by atoms with Gasteiger partial charge in [0, 0.05) is 12.5 Å². The maximum Gasteiger partial charge on any atom is 0.00699 e. The molecule has 0 unspecified atom stereocenters. The molecule has 0 aromatic heterocycles. The van der Waals surface area contributed by atoms with Gasteiger partial charge >= 0.3 is 0 Å².